The predicted molar refractivity (Wildman–Crippen MR) is 124 cm³/mol. The second kappa shape index (κ2) is 9.56. The van der Waals surface area contributed by atoms with Crippen molar-refractivity contribution in [2.45, 2.75) is 17.9 Å². The van der Waals surface area contributed by atoms with Crippen LogP contribution in [0.1, 0.15) is 6.42 Å². The van der Waals surface area contributed by atoms with E-state index in [2.05, 4.69) is 20.9 Å². The number of anilines is 1. The smallest absolute Gasteiger partial charge is 0.239 e. The van der Waals surface area contributed by atoms with Crippen LogP contribution in [0.3, 0.4) is 0 Å². The Hall–Kier alpha value is -2.16. The topological polar surface area (TPSA) is 51.0 Å². The van der Waals surface area contributed by atoms with Crippen molar-refractivity contribution < 1.29 is 4.79 Å². The SMILES string of the molecule is O=C(CSc1ccccc1)N(CCCn1ccnc1)c1nc2ccc(Br)cc2s1. The average molecular weight is 487 g/mol. The zero-order valence-electron chi connectivity index (χ0n) is 15.6. The largest absolute Gasteiger partial charge is 0.337 e. The molecule has 0 aliphatic heterocycles. The molecule has 0 fully saturated rings. The number of thioether (sulfide) groups is 1. The Bertz CT molecular complexity index is 1080. The lowest BCUT2D eigenvalue weighted by molar-refractivity contribution is -0.116. The summed E-state index contributed by atoms with van der Waals surface area (Å²) in [5.74, 6) is 0.455. The second-order valence-electron chi connectivity index (χ2n) is 6.41. The number of rotatable bonds is 8. The number of carbonyl (C=O) groups excluding carboxylic acids is 1. The van der Waals surface area contributed by atoms with Crippen molar-refractivity contribution in [2.75, 3.05) is 17.2 Å². The Morgan fingerprint density at radius 3 is 2.86 bits per heavy atom. The first-order valence-corrected chi connectivity index (χ1v) is 11.8. The molecule has 0 unspecified atom stereocenters. The van der Waals surface area contributed by atoms with Gasteiger partial charge in [-0.15, -0.1) is 11.8 Å². The lowest BCUT2D eigenvalue weighted by Gasteiger charge is -2.20. The Balaban J connectivity index is 1.51. The van der Waals surface area contributed by atoms with Gasteiger partial charge in [0, 0.05) is 34.9 Å². The Kier molecular flexibility index (Phi) is 6.63. The van der Waals surface area contributed by atoms with Crippen LogP contribution in [0.15, 0.2) is 76.6 Å². The summed E-state index contributed by atoms with van der Waals surface area (Å²) in [6.07, 6.45) is 6.34. The van der Waals surface area contributed by atoms with Crippen molar-refractivity contribution in [3.8, 4) is 0 Å². The van der Waals surface area contributed by atoms with E-state index in [4.69, 9.17) is 4.98 Å². The standard InChI is InChI=1S/C21H19BrN4OS2/c22-16-7-8-18-19(13-16)29-21(24-18)26(11-4-10-25-12-9-23-15-25)20(27)14-28-17-5-2-1-3-6-17/h1-3,5-9,12-13,15H,4,10-11,14H2. The summed E-state index contributed by atoms with van der Waals surface area (Å²) in [6, 6.07) is 16.0. The van der Waals surface area contributed by atoms with Gasteiger partial charge in [0.15, 0.2) is 5.13 Å². The molecule has 4 aromatic rings. The highest BCUT2D eigenvalue weighted by molar-refractivity contribution is 9.10. The fourth-order valence-electron chi connectivity index (χ4n) is 2.90. The van der Waals surface area contributed by atoms with E-state index >= 15 is 0 Å². The van der Waals surface area contributed by atoms with E-state index in [1.807, 2.05) is 64.2 Å². The molecule has 0 spiro atoms. The number of imidazole rings is 1. The minimum Gasteiger partial charge on any atom is -0.337 e. The van der Waals surface area contributed by atoms with E-state index in [0.717, 1.165) is 37.7 Å². The quantitative estimate of drug-likeness (QED) is 0.309. The van der Waals surface area contributed by atoms with Crippen molar-refractivity contribution >= 4 is 60.3 Å². The van der Waals surface area contributed by atoms with Crippen molar-refractivity contribution in [2.24, 2.45) is 0 Å². The number of amides is 1. The van der Waals surface area contributed by atoms with Crippen LogP contribution >= 0.6 is 39.0 Å². The molecule has 0 aliphatic carbocycles. The van der Waals surface area contributed by atoms with Crippen LogP contribution in [0.2, 0.25) is 0 Å². The first-order chi connectivity index (χ1) is 14.2. The molecular weight excluding hydrogens is 468 g/mol. The highest BCUT2D eigenvalue weighted by Crippen LogP contribution is 2.31. The van der Waals surface area contributed by atoms with E-state index in [9.17, 15) is 4.79 Å². The lowest BCUT2D eigenvalue weighted by atomic mass is 10.3. The molecule has 1 amide bonds. The molecule has 0 atom stereocenters. The Labute approximate surface area is 185 Å². The van der Waals surface area contributed by atoms with Crippen LogP contribution in [0.25, 0.3) is 10.2 Å². The molecule has 8 heteroatoms. The predicted octanol–water partition coefficient (Wildman–Crippen LogP) is 5.47. The normalized spacial score (nSPS) is 11.1. The van der Waals surface area contributed by atoms with Crippen molar-refractivity contribution in [1.29, 1.82) is 0 Å². The fourth-order valence-corrected chi connectivity index (χ4v) is 5.26. The van der Waals surface area contributed by atoms with E-state index in [1.165, 1.54) is 0 Å². The second-order valence-corrected chi connectivity index (χ2v) is 9.38. The summed E-state index contributed by atoms with van der Waals surface area (Å²) in [4.78, 5) is 24.8. The number of hydrogen-bond donors (Lipinski definition) is 0. The summed E-state index contributed by atoms with van der Waals surface area (Å²) in [7, 11) is 0. The zero-order valence-corrected chi connectivity index (χ0v) is 18.8. The Morgan fingerprint density at radius 2 is 2.07 bits per heavy atom. The van der Waals surface area contributed by atoms with Gasteiger partial charge in [0.1, 0.15) is 0 Å². The molecule has 0 bridgehead atoms. The van der Waals surface area contributed by atoms with Gasteiger partial charge in [-0.1, -0.05) is 45.5 Å². The van der Waals surface area contributed by atoms with Crippen molar-refractivity contribution in [3.05, 3.63) is 71.7 Å². The monoisotopic (exact) mass is 486 g/mol. The van der Waals surface area contributed by atoms with Crippen LogP contribution in [-0.2, 0) is 11.3 Å². The third-order valence-electron chi connectivity index (χ3n) is 4.33. The van der Waals surface area contributed by atoms with E-state index in [-0.39, 0.29) is 5.91 Å². The number of halogens is 1. The van der Waals surface area contributed by atoms with Crippen molar-refractivity contribution in [3.63, 3.8) is 0 Å². The van der Waals surface area contributed by atoms with Crippen LogP contribution in [-0.4, -0.2) is 32.7 Å². The number of aryl methyl sites for hydroxylation is 1. The summed E-state index contributed by atoms with van der Waals surface area (Å²) in [5, 5.41) is 0.752. The molecule has 0 radical (unpaired) electrons. The molecule has 0 aliphatic rings. The van der Waals surface area contributed by atoms with E-state index < -0.39 is 0 Å². The summed E-state index contributed by atoms with van der Waals surface area (Å²) in [6.45, 7) is 1.43. The van der Waals surface area contributed by atoms with Gasteiger partial charge in [0.25, 0.3) is 0 Å². The average Bonchev–Trinajstić information content (AvgIpc) is 3.39. The molecule has 0 saturated carbocycles. The Morgan fingerprint density at radius 1 is 1.21 bits per heavy atom. The van der Waals surface area contributed by atoms with Gasteiger partial charge < -0.3 is 4.57 Å². The highest BCUT2D eigenvalue weighted by Gasteiger charge is 2.20. The first-order valence-electron chi connectivity index (χ1n) is 9.19. The highest BCUT2D eigenvalue weighted by atomic mass is 79.9. The molecule has 29 heavy (non-hydrogen) atoms. The third-order valence-corrected chi connectivity index (χ3v) is 6.87. The van der Waals surface area contributed by atoms with Crippen LogP contribution in [0.4, 0.5) is 5.13 Å². The number of nitrogens with zero attached hydrogens (tertiary/aromatic N) is 4. The van der Waals surface area contributed by atoms with Gasteiger partial charge in [-0.25, -0.2) is 9.97 Å². The van der Waals surface area contributed by atoms with Gasteiger partial charge in [-0.3, -0.25) is 9.69 Å². The molecule has 148 valence electrons. The minimum absolute atomic E-state index is 0.0719. The first kappa shape index (κ1) is 20.1. The number of carbonyl (C=O) groups is 1. The number of thiazole rings is 1. The van der Waals surface area contributed by atoms with Gasteiger partial charge in [0.05, 0.1) is 22.3 Å². The molecule has 4 rings (SSSR count). The summed E-state index contributed by atoms with van der Waals surface area (Å²) in [5.41, 5.74) is 0.913. The number of hydrogen-bond acceptors (Lipinski definition) is 5. The molecule has 0 saturated heterocycles. The molecule has 2 aromatic heterocycles. The van der Waals surface area contributed by atoms with Crippen LogP contribution in [0.5, 0.6) is 0 Å². The lowest BCUT2D eigenvalue weighted by Crippen LogP contribution is -2.33. The van der Waals surface area contributed by atoms with Gasteiger partial charge in [0.2, 0.25) is 5.91 Å². The molecule has 2 aromatic carbocycles. The molecule has 5 nitrogen and oxygen atoms in total. The summed E-state index contributed by atoms with van der Waals surface area (Å²) >= 11 is 6.62. The maximum Gasteiger partial charge on any atom is 0.239 e. The number of benzene rings is 2. The van der Waals surface area contributed by atoms with Crippen LogP contribution < -0.4 is 4.90 Å². The van der Waals surface area contributed by atoms with Crippen molar-refractivity contribution in [1.82, 2.24) is 14.5 Å². The van der Waals surface area contributed by atoms with Gasteiger partial charge >= 0.3 is 0 Å². The molecule has 2 heterocycles. The van der Waals surface area contributed by atoms with E-state index in [0.29, 0.717) is 12.3 Å². The van der Waals surface area contributed by atoms with Gasteiger partial charge in [-0.2, -0.15) is 0 Å². The van der Waals surface area contributed by atoms with Crippen LogP contribution in [0, 0.1) is 0 Å². The van der Waals surface area contributed by atoms with E-state index in [1.54, 1.807) is 35.6 Å². The number of aromatic nitrogens is 3. The van der Waals surface area contributed by atoms with Gasteiger partial charge in [-0.05, 0) is 36.8 Å². The summed E-state index contributed by atoms with van der Waals surface area (Å²) < 4.78 is 4.10. The minimum atomic E-state index is 0.0719. The maximum absolute atomic E-state index is 13.1. The molecule has 0 N–H and O–H groups in total. The number of fused-ring (bicyclic) bond motifs is 1. The third kappa shape index (κ3) is 5.26. The maximum atomic E-state index is 13.1. The fraction of sp³-hybridized carbons (Fsp3) is 0.190. The molecular formula is C21H19BrN4OS2. The zero-order chi connectivity index (χ0) is 20.1.